The number of para-hydroxylation sites is 1. The zero-order chi connectivity index (χ0) is 27.7. The number of fused-ring (bicyclic) bond motifs is 1. The summed E-state index contributed by atoms with van der Waals surface area (Å²) in [5, 5.41) is 2.99. The molecule has 2 heterocycles. The number of anilines is 1. The molecule has 1 aromatic heterocycles. The number of carbonyl (C=O) groups is 1. The molecule has 1 aliphatic rings. The summed E-state index contributed by atoms with van der Waals surface area (Å²) in [7, 11) is 1.68. The van der Waals surface area contributed by atoms with E-state index < -0.39 is 6.04 Å². The van der Waals surface area contributed by atoms with Gasteiger partial charge in [-0.05, 0) is 72.4 Å². The van der Waals surface area contributed by atoms with E-state index in [1.54, 1.807) is 11.7 Å². The molecule has 7 heteroatoms. The second kappa shape index (κ2) is 10.9. The predicted octanol–water partition coefficient (Wildman–Crippen LogP) is 5.31. The minimum atomic E-state index is -0.600. The van der Waals surface area contributed by atoms with Crippen LogP contribution in [0.25, 0.3) is 6.08 Å². The number of carbonyl (C=O) groups excluding carboxylic acids is 1. The maximum Gasteiger partial charge on any atom is 0.271 e. The van der Waals surface area contributed by atoms with Crippen molar-refractivity contribution < 1.29 is 9.53 Å². The van der Waals surface area contributed by atoms with Gasteiger partial charge in [0.1, 0.15) is 5.75 Å². The summed E-state index contributed by atoms with van der Waals surface area (Å²) in [6, 6.07) is 22.5. The third-order valence-corrected chi connectivity index (χ3v) is 7.92. The number of aromatic nitrogens is 1. The number of thiazole rings is 1. The molecule has 39 heavy (non-hydrogen) atoms. The normalized spacial score (nSPS) is 15.2. The van der Waals surface area contributed by atoms with Gasteiger partial charge >= 0.3 is 0 Å². The molecule has 1 atom stereocenters. The molecule has 1 N–H and O–H groups in total. The molecule has 198 valence electrons. The lowest BCUT2D eigenvalue weighted by Crippen LogP contribution is -2.40. The Bertz CT molecular complexity index is 1750. The summed E-state index contributed by atoms with van der Waals surface area (Å²) in [6.45, 7) is 8.08. The highest BCUT2D eigenvalue weighted by Crippen LogP contribution is 2.32. The van der Waals surface area contributed by atoms with E-state index in [9.17, 15) is 9.59 Å². The van der Waals surface area contributed by atoms with Crippen LogP contribution in [0.15, 0.2) is 93.9 Å². The van der Waals surface area contributed by atoms with Crippen LogP contribution >= 0.6 is 11.3 Å². The molecular formula is C32H31N3O3S. The van der Waals surface area contributed by atoms with Gasteiger partial charge in [0.15, 0.2) is 4.80 Å². The van der Waals surface area contributed by atoms with Crippen LogP contribution < -0.4 is 24.9 Å². The fraction of sp³-hybridized carbons (Fsp3) is 0.219. The molecule has 0 unspecified atom stereocenters. The summed E-state index contributed by atoms with van der Waals surface area (Å²) in [6.07, 6.45) is 1.93. The van der Waals surface area contributed by atoms with Crippen molar-refractivity contribution in [3.05, 3.63) is 126 Å². The molecule has 0 radical (unpaired) electrons. The van der Waals surface area contributed by atoms with Gasteiger partial charge in [-0.2, -0.15) is 0 Å². The van der Waals surface area contributed by atoms with Crippen molar-refractivity contribution in [2.75, 3.05) is 12.4 Å². The molecule has 0 aliphatic carbocycles. The molecule has 0 bridgehead atoms. The first-order valence-corrected chi connectivity index (χ1v) is 13.7. The zero-order valence-electron chi connectivity index (χ0n) is 22.7. The smallest absolute Gasteiger partial charge is 0.271 e. The summed E-state index contributed by atoms with van der Waals surface area (Å²) < 4.78 is 7.82. The average Bonchev–Trinajstić information content (AvgIpc) is 3.23. The van der Waals surface area contributed by atoms with E-state index in [4.69, 9.17) is 9.73 Å². The fourth-order valence-corrected chi connectivity index (χ4v) is 5.96. The molecule has 5 rings (SSSR count). The maximum atomic E-state index is 14.0. The molecule has 1 amide bonds. The van der Waals surface area contributed by atoms with Crippen molar-refractivity contribution >= 4 is 29.0 Å². The number of hydrogen-bond acceptors (Lipinski definition) is 5. The van der Waals surface area contributed by atoms with Crippen LogP contribution in [-0.2, 0) is 4.79 Å². The van der Waals surface area contributed by atoms with Gasteiger partial charge in [-0.3, -0.25) is 14.2 Å². The van der Waals surface area contributed by atoms with Gasteiger partial charge in [-0.1, -0.05) is 73.7 Å². The van der Waals surface area contributed by atoms with Crippen molar-refractivity contribution in [1.29, 1.82) is 0 Å². The Morgan fingerprint density at radius 1 is 1.05 bits per heavy atom. The summed E-state index contributed by atoms with van der Waals surface area (Å²) in [5.41, 5.74) is 5.45. The van der Waals surface area contributed by atoms with E-state index in [1.165, 1.54) is 11.3 Å². The fourth-order valence-electron chi connectivity index (χ4n) is 4.92. The van der Waals surface area contributed by atoms with E-state index in [-0.39, 0.29) is 17.4 Å². The lowest BCUT2D eigenvalue weighted by molar-refractivity contribution is -0.113. The molecule has 0 spiro atoms. The monoisotopic (exact) mass is 537 g/mol. The standard InChI is InChI=1S/C32H31N3O3S/c1-19(2)25-17-23(20(3)16-26(25)38-5)18-27-31(37)35-29(22-12-8-6-9-13-22)28(21(4)33-32(35)39-27)30(36)34-24-14-10-7-11-15-24/h6-19,29H,1-5H3,(H,34,36)/b27-18+/t29-/m0/s1. The number of nitrogens with one attached hydrogen (secondary N) is 1. The zero-order valence-corrected chi connectivity index (χ0v) is 23.5. The Hall–Kier alpha value is -4.23. The first-order chi connectivity index (χ1) is 18.8. The van der Waals surface area contributed by atoms with E-state index in [0.717, 1.165) is 28.0 Å². The number of amides is 1. The Morgan fingerprint density at radius 3 is 2.36 bits per heavy atom. The number of rotatable bonds is 6. The number of methoxy groups -OCH3 is 1. The predicted molar refractivity (Wildman–Crippen MR) is 157 cm³/mol. The van der Waals surface area contributed by atoms with E-state index in [1.807, 2.05) is 86.7 Å². The molecule has 6 nitrogen and oxygen atoms in total. The topological polar surface area (TPSA) is 72.7 Å². The lowest BCUT2D eigenvalue weighted by Gasteiger charge is -2.25. The molecule has 4 aromatic rings. The van der Waals surface area contributed by atoms with E-state index >= 15 is 0 Å². The number of benzene rings is 3. The van der Waals surface area contributed by atoms with Crippen molar-refractivity contribution in [2.24, 2.45) is 4.99 Å². The first-order valence-electron chi connectivity index (χ1n) is 12.9. The van der Waals surface area contributed by atoms with Crippen LogP contribution in [0.5, 0.6) is 5.75 Å². The van der Waals surface area contributed by atoms with Gasteiger partial charge < -0.3 is 10.1 Å². The Morgan fingerprint density at radius 2 is 1.72 bits per heavy atom. The SMILES string of the molecule is COc1cc(C)c(/C=c2/sc3n(c2=O)[C@@H](c2ccccc2)C(C(=O)Nc2ccccc2)=C(C)N=3)cc1C(C)C. The second-order valence-corrected chi connectivity index (χ2v) is 10.9. The highest BCUT2D eigenvalue weighted by molar-refractivity contribution is 7.07. The average molecular weight is 538 g/mol. The van der Waals surface area contributed by atoms with Crippen LogP contribution in [0.2, 0.25) is 0 Å². The second-order valence-electron chi connectivity index (χ2n) is 9.92. The summed E-state index contributed by atoms with van der Waals surface area (Å²) in [4.78, 5) is 32.9. The van der Waals surface area contributed by atoms with Gasteiger partial charge in [-0.25, -0.2) is 4.99 Å². The number of nitrogens with zero attached hydrogens (tertiary/aromatic N) is 2. The van der Waals surface area contributed by atoms with Crippen LogP contribution in [0.3, 0.4) is 0 Å². The summed E-state index contributed by atoms with van der Waals surface area (Å²) >= 11 is 1.34. The number of allylic oxidation sites excluding steroid dienone is 1. The van der Waals surface area contributed by atoms with Crippen molar-refractivity contribution in [1.82, 2.24) is 4.57 Å². The molecule has 0 saturated heterocycles. The van der Waals surface area contributed by atoms with Crippen LogP contribution in [0.1, 0.15) is 55.0 Å². The van der Waals surface area contributed by atoms with Crippen LogP contribution in [-0.4, -0.2) is 17.6 Å². The molecule has 0 saturated carbocycles. The van der Waals surface area contributed by atoms with Gasteiger partial charge in [-0.15, -0.1) is 0 Å². The lowest BCUT2D eigenvalue weighted by atomic mass is 9.95. The van der Waals surface area contributed by atoms with Gasteiger partial charge in [0, 0.05) is 5.69 Å². The largest absolute Gasteiger partial charge is 0.496 e. The molecular weight excluding hydrogens is 506 g/mol. The maximum absolute atomic E-state index is 14.0. The van der Waals surface area contributed by atoms with E-state index in [0.29, 0.717) is 26.3 Å². The Labute approximate surface area is 231 Å². The van der Waals surface area contributed by atoms with E-state index in [2.05, 4.69) is 25.2 Å². The molecule has 3 aromatic carbocycles. The number of aryl methyl sites for hydroxylation is 1. The first kappa shape index (κ1) is 26.4. The minimum absolute atomic E-state index is 0.175. The third-order valence-electron chi connectivity index (χ3n) is 6.94. The van der Waals surface area contributed by atoms with Crippen LogP contribution in [0, 0.1) is 6.92 Å². The van der Waals surface area contributed by atoms with Crippen molar-refractivity contribution in [3.8, 4) is 5.75 Å². The van der Waals surface area contributed by atoms with Crippen LogP contribution in [0.4, 0.5) is 5.69 Å². The Kier molecular flexibility index (Phi) is 7.35. The van der Waals surface area contributed by atoms with Crippen molar-refractivity contribution in [2.45, 2.75) is 39.7 Å². The highest BCUT2D eigenvalue weighted by Gasteiger charge is 2.32. The quantitative estimate of drug-likeness (QED) is 0.362. The van der Waals surface area contributed by atoms with Gasteiger partial charge in [0.05, 0.1) is 29.0 Å². The third kappa shape index (κ3) is 5.10. The highest BCUT2D eigenvalue weighted by atomic mass is 32.1. The Balaban J connectivity index is 1.67. The molecule has 1 aliphatic heterocycles. The number of hydrogen-bond donors (Lipinski definition) is 1. The number of ether oxygens (including phenoxy) is 1. The summed E-state index contributed by atoms with van der Waals surface area (Å²) in [5.74, 6) is 0.827. The van der Waals surface area contributed by atoms with Crippen molar-refractivity contribution in [3.63, 3.8) is 0 Å². The van der Waals surface area contributed by atoms with Gasteiger partial charge in [0.25, 0.3) is 11.5 Å². The minimum Gasteiger partial charge on any atom is -0.496 e. The van der Waals surface area contributed by atoms with Gasteiger partial charge in [0.2, 0.25) is 0 Å². The molecule has 0 fully saturated rings.